The fourth-order valence-corrected chi connectivity index (χ4v) is 4.93. The normalized spacial score (nSPS) is 14.8. The summed E-state index contributed by atoms with van der Waals surface area (Å²) in [5.41, 5.74) is 1.79. The molecule has 0 unspecified atom stereocenters. The van der Waals surface area contributed by atoms with Crippen molar-refractivity contribution >= 4 is 45.0 Å². The van der Waals surface area contributed by atoms with Gasteiger partial charge in [0.2, 0.25) is 5.91 Å². The molecule has 5 nitrogen and oxygen atoms in total. The van der Waals surface area contributed by atoms with Crippen LogP contribution in [0.25, 0.3) is 10.2 Å². The minimum absolute atomic E-state index is 0.0253. The number of hydrogen-bond acceptors (Lipinski definition) is 3. The van der Waals surface area contributed by atoms with E-state index in [4.69, 9.17) is 11.6 Å². The van der Waals surface area contributed by atoms with Gasteiger partial charge in [-0.25, -0.2) is 0 Å². The molecule has 1 aromatic carbocycles. The number of nitrogens with zero attached hydrogens (tertiary/aromatic N) is 2. The first-order valence-corrected chi connectivity index (χ1v) is 11.3. The monoisotopic (exact) mass is 441 g/mol. The number of thiophene rings is 1. The lowest BCUT2D eigenvalue weighted by atomic mass is 9.95. The summed E-state index contributed by atoms with van der Waals surface area (Å²) in [5.74, 6) is 0.0317. The Balaban J connectivity index is 1.51. The summed E-state index contributed by atoms with van der Waals surface area (Å²) >= 11 is 7.66. The summed E-state index contributed by atoms with van der Waals surface area (Å²) in [6.07, 6.45) is 3.04. The van der Waals surface area contributed by atoms with E-state index in [2.05, 4.69) is 16.5 Å². The van der Waals surface area contributed by atoms with E-state index in [1.807, 2.05) is 46.7 Å². The van der Waals surface area contributed by atoms with Gasteiger partial charge < -0.3 is 14.8 Å². The van der Waals surface area contributed by atoms with Crippen LogP contribution in [0, 0.1) is 5.92 Å². The van der Waals surface area contributed by atoms with Crippen molar-refractivity contribution in [3.63, 3.8) is 0 Å². The molecule has 0 atom stereocenters. The van der Waals surface area contributed by atoms with E-state index in [-0.39, 0.29) is 17.7 Å². The molecule has 2 amide bonds. The van der Waals surface area contributed by atoms with Crippen molar-refractivity contribution in [3.05, 3.63) is 70.7 Å². The Morgan fingerprint density at radius 2 is 1.93 bits per heavy atom. The van der Waals surface area contributed by atoms with Crippen molar-refractivity contribution in [2.24, 2.45) is 5.92 Å². The molecular formula is C23H24ClN3O2S. The van der Waals surface area contributed by atoms with Gasteiger partial charge in [0.25, 0.3) is 5.91 Å². The second-order valence-corrected chi connectivity index (χ2v) is 8.85. The van der Waals surface area contributed by atoms with Crippen molar-refractivity contribution in [3.8, 4) is 0 Å². The maximum Gasteiger partial charge on any atom is 0.270 e. The summed E-state index contributed by atoms with van der Waals surface area (Å²) in [5, 5.41) is 6.68. The lowest BCUT2D eigenvalue weighted by Crippen LogP contribution is -2.43. The number of fused-ring (bicyclic) bond motifs is 1. The molecule has 0 radical (unpaired) electrons. The predicted molar refractivity (Wildman–Crippen MR) is 122 cm³/mol. The minimum Gasteiger partial charge on any atom is -0.352 e. The molecular weight excluding hydrogens is 418 g/mol. The number of nitrogens with one attached hydrogen (secondary N) is 1. The number of aromatic nitrogens is 1. The SMILES string of the molecule is C=CCNC(=O)C1CCN(C(=O)c2cc3ccsc3n2Cc2ccc(Cl)cc2)CC1. The van der Waals surface area contributed by atoms with Gasteiger partial charge in [-0.2, -0.15) is 0 Å². The lowest BCUT2D eigenvalue weighted by molar-refractivity contribution is -0.126. The van der Waals surface area contributed by atoms with E-state index >= 15 is 0 Å². The Labute approximate surface area is 184 Å². The van der Waals surface area contributed by atoms with E-state index in [1.54, 1.807) is 17.4 Å². The van der Waals surface area contributed by atoms with Gasteiger partial charge in [-0.15, -0.1) is 17.9 Å². The largest absolute Gasteiger partial charge is 0.352 e. The molecule has 0 bridgehead atoms. The van der Waals surface area contributed by atoms with Crippen LogP contribution >= 0.6 is 22.9 Å². The van der Waals surface area contributed by atoms with Gasteiger partial charge in [0.1, 0.15) is 10.5 Å². The molecule has 1 aliphatic rings. The smallest absolute Gasteiger partial charge is 0.270 e. The van der Waals surface area contributed by atoms with Crippen molar-refractivity contribution in [1.29, 1.82) is 0 Å². The van der Waals surface area contributed by atoms with Crippen LogP contribution in [0.1, 0.15) is 28.9 Å². The van der Waals surface area contributed by atoms with E-state index < -0.39 is 0 Å². The zero-order chi connectivity index (χ0) is 21.1. The Morgan fingerprint density at radius 3 is 2.63 bits per heavy atom. The highest BCUT2D eigenvalue weighted by atomic mass is 35.5. The number of benzene rings is 1. The number of hydrogen-bond donors (Lipinski definition) is 1. The third-order valence-corrected chi connectivity index (χ3v) is 6.75. The van der Waals surface area contributed by atoms with Gasteiger partial charge in [-0.05, 0) is 48.1 Å². The van der Waals surface area contributed by atoms with E-state index in [1.165, 1.54) is 0 Å². The zero-order valence-corrected chi connectivity index (χ0v) is 18.2. The number of rotatable bonds is 6. The third kappa shape index (κ3) is 4.30. The van der Waals surface area contributed by atoms with Crippen LogP contribution in [0.2, 0.25) is 5.02 Å². The molecule has 7 heteroatoms. The first kappa shape index (κ1) is 20.7. The van der Waals surface area contributed by atoms with Crippen LogP contribution in [0.4, 0.5) is 0 Å². The number of piperidine rings is 1. The van der Waals surface area contributed by atoms with Crippen LogP contribution in [0.3, 0.4) is 0 Å². The molecule has 1 aliphatic heterocycles. The second-order valence-electron chi connectivity index (χ2n) is 7.52. The zero-order valence-electron chi connectivity index (χ0n) is 16.6. The first-order valence-electron chi connectivity index (χ1n) is 10.1. The fourth-order valence-electron chi connectivity index (χ4n) is 3.91. The summed E-state index contributed by atoms with van der Waals surface area (Å²) in [7, 11) is 0. The number of likely N-dealkylation sites (tertiary alicyclic amines) is 1. The summed E-state index contributed by atoms with van der Waals surface area (Å²) in [6, 6.07) is 11.7. The molecule has 0 spiro atoms. The van der Waals surface area contributed by atoms with Crippen molar-refractivity contribution in [2.75, 3.05) is 19.6 Å². The van der Waals surface area contributed by atoms with Gasteiger partial charge in [0.05, 0.1) is 0 Å². The molecule has 4 rings (SSSR count). The van der Waals surface area contributed by atoms with Crippen LogP contribution < -0.4 is 5.32 Å². The van der Waals surface area contributed by atoms with Crippen molar-refractivity contribution in [2.45, 2.75) is 19.4 Å². The molecule has 1 fully saturated rings. The van der Waals surface area contributed by atoms with Gasteiger partial charge in [-0.1, -0.05) is 29.8 Å². The Kier molecular flexibility index (Phi) is 6.25. The van der Waals surface area contributed by atoms with Crippen molar-refractivity contribution < 1.29 is 9.59 Å². The number of halogens is 1. The molecule has 0 aliphatic carbocycles. The van der Waals surface area contributed by atoms with Crippen LogP contribution in [-0.4, -0.2) is 40.9 Å². The molecule has 1 N–H and O–H groups in total. The molecule has 30 heavy (non-hydrogen) atoms. The summed E-state index contributed by atoms with van der Waals surface area (Å²) < 4.78 is 2.09. The van der Waals surface area contributed by atoms with Crippen molar-refractivity contribution in [1.82, 2.24) is 14.8 Å². The Morgan fingerprint density at radius 1 is 1.20 bits per heavy atom. The van der Waals surface area contributed by atoms with E-state index in [0.717, 1.165) is 15.8 Å². The van der Waals surface area contributed by atoms with E-state index in [0.29, 0.717) is 49.7 Å². The number of carbonyl (C=O) groups excluding carboxylic acids is 2. The Bertz CT molecular complexity index is 1060. The van der Waals surface area contributed by atoms with Gasteiger partial charge >= 0.3 is 0 Å². The van der Waals surface area contributed by atoms with Gasteiger partial charge in [0, 0.05) is 42.5 Å². The number of amides is 2. The number of carbonyl (C=O) groups is 2. The van der Waals surface area contributed by atoms with Gasteiger partial charge in [-0.3, -0.25) is 9.59 Å². The molecule has 3 heterocycles. The minimum atomic E-state index is -0.0432. The Hall–Kier alpha value is -2.57. The highest BCUT2D eigenvalue weighted by Gasteiger charge is 2.29. The van der Waals surface area contributed by atoms with E-state index in [9.17, 15) is 9.59 Å². The molecule has 1 saturated heterocycles. The average Bonchev–Trinajstić information content (AvgIpc) is 3.36. The maximum absolute atomic E-state index is 13.4. The highest BCUT2D eigenvalue weighted by Crippen LogP contribution is 2.28. The van der Waals surface area contributed by atoms with Crippen LogP contribution in [0.5, 0.6) is 0 Å². The summed E-state index contributed by atoms with van der Waals surface area (Å²) in [6.45, 7) is 5.90. The standard InChI is InChI=1S/C23H24ClN3O2S/c1-2-10-25-21(28)17-7-11-26(12-8-17)22(29)20-14-18-9-13-30-23(18)27(20)15-16-3-5-19(24)6-4-16/h2-6,9,13-14,17H,1,7-8,10-12,15H2,(H,25,28). The molecule has 156 valence electrons. The molecule has 2 aromatic heterocycles. The second kappa shape index (κ2) is 9.06. The topological polar surface area (TPSA) is 54.3 Å². The average molecular weight is 442 g/mol. The summed E-state index contributed by atoms with van der Waals surface area (Å²) in [4.78, 5) is 28.5. The lowest BCUT2D eigenvalue weighted by Gasteiger charge is -2.31. The van der Waals surface area contributed by atoms with Crippen LogP contribution in [-0.2, 0) is 11.3 Å². The third-order valence-electron chi connectivity index (χ3n) is 5.55. The fraction of sp³-hybridized carbons (Fsp3) is 0.304. The quantitative estimate of drug-likeness (QED) is 0.570. The predicted octanol–water partition coefficient (Wildman–Crippen LogP) is 4.56. The van der Waals surface area contributed by atoms with Gasteiger partial charge in [0.15, 0.2) is 0 Å². The molecule has 3 aromatic rings. The highest BCUT2D eigenvalue weighted by molar-refractivity contribution is 7.16. The first-order chi connectivity index (χ1) is 14.6. The van der Waals surface area contributed by atoms with Crippen LogP contribution in [0.15, 0.2) is 54.4 Å². The maximum atomic E-state index is 13.4. The molecule has 0 saturated carbocycles.